The average Bonchev–Trinajstić information content (AvgIpc) is 2.94. The van der Waals surface area contributed by atoms with E-state index in [1.54, 1.807) is 0 Å². The molecule has 0 aliphatic carbocycles. The Bertz CT molecular complexity index is 825. The first kappa shape index (κ1) is 18.6. The molecule has 0 radical (unpaired) electrons. The van der Waals surface area contributed by atoms with Gasteiger partial charge in [-0.25, -0.2) is 0 Å². The second-order valence-electron chi connectivity index (χ2n) is 5.75. The summed E-state index contributed by atoms with van der Waals surface area (Å²) in [6.07, 6.45) is 0.736. The molecule has 0 amide bonds. The Morgan fingerprint density at radius 2 is 1.72 bits per heavy atom. The summed E-state index contributed by atoms with van der Waals surface area (Å²) in [5.41, 5.74) is 1.31. The number of aryl methyl sites for hydroxylation is 1. The van der Waals surface area contributed by atoms with Gasteiger partial charge in [0, 0.05) is 25.0 Å². The Morgan fingerprint density at radius 3 is 2.36 bits per heavy atom. The van der Waals surface area contributed by atoms with Crippen molar-refractivity contribution in [1.82, 2.24) is 0 Å². The van der Waals surface area contributed by atoms with Crippen molar-refractivity contribution < 1.29 is 14.0 Å². The van der Waals surface area contributed by atoms with Gasteiger partial charge in [-0.15, -0.1) is 0 Å². The summed E-state index contributed by atoms with van der Waals surface area (Å²) in [5, 5.41) is 2.60. The Hall–Kier alpha value is -1.14. The van der Waals surface area contributed by atoms with Gasteiger partial charge in [0.15, 0.2) is 12.8 Å². The highest BCUT2D eigenvalue weighted by atomic mass is 32.2. The van der Waals surface area contributed by atoms with Crippen LogP contribution in [0, 0.1) is 0 Å². The quantitative estimate of drug-likeness (QED) is 0.289. The second kappa shape index (κ2) is 8.99. The second-order valence-corrected chi connectivity index (χ2v) is 8.29. The molecule has 3 aromatic rings. The summed E-state index contributed by atoms with van der Waals surface area (Å²) >= 11 is 3.80. The van der Waals surface area contributed by atoms with Crippen LogP contribution < -0.4 is 4.57 Å². The fraction of sp³-hybridized carbons (Fsp3) is 0.450. The molecule has 5 heteroatoms. The SMILES string of the molecule is CCOC(CC[n+]1c(SCC)sc2cc3ccccc3cc21)OCC. The number of thioether (sulfide) groups is 1. The summed E-state index contributed by atoms with van der Waals surface area (Å²) in [7, 11) is 0. The minimum absolute atomic E-state index is 0.127. The zero-order valence-electron chi connectivity index (χ0n) is 15.2. The number of hydrogen-bond acceptors (Lipinski definition) is 4. The van der Waals surface area contributed by atoms with Crippen LogP contribution in [0.25, 0.3) is 21.0 Å². The van der Waals surface area contributed by atoms with Gasteiger partial charge < -0.3 is 9.47 Å². The van der Waals surface area contributed by atoms with Crippen LogP contribution in [0.3, 0.4) is 0 Å². The minimum Gasteiger partial charge on any atom is -0.353 e. The number of rotatable bonds is 9. The standard InChI is InChI=1S/C20H26NO2S2/c1-4-22-19(23-5-2)11-12-21-17-13-15-9-7-8-10-16(15)14-18(17)25-20(21)24-6-3/h7-10,13-14,19H,4-6,11-12H2,1-3H3/q+1. The molecule has 0 saturated heterocycles. The third kappa shape index (κ3) is 4.34. The lowest BCUT2D eigenvalue weighted by molar-refractivity contribution is -0.704. The topological polar surface area (TPSA) is 22.3 Å². The van der Waals surface area contributed by atoms with E-state index in [-0.39, 0.29) is 6.29 Å². The molecule has 2 aromatic carbocycles. The molecular formula is C20H26NO2S2+. The van der Waals surface area contributed by atoms with Crippen molar-refractivity contribution in [3.05, 3.63) is 36.4 Å². The first-order valence-corrected chi connectivity index (χ1v) is 10.8. The lowest BCUT2D eigenvalue weighted by Crippen LogP contribution is -2.37. The predicted molar refractivity (Wildman–Crippen MR) is 108 cm³/mol. The summed E-state index contributed by atoms with van der Waals surface area (Å²) in [4.78, 5) is 0. The molecule has 0 aliphatic rings. The first-order valence-electron chi connectivity index (χ1n) is 8.97. The van der Waals surface area contributed by atoms with Gasteiger partial charge in [-0.1, -0.05) is 42.5 Å². The van der Waals surface area contributed by atoms with Gasteiger partial charge in [-0.2, -0.15) is 4.57 Å². The third-order valence-corrected chi connectivity index (χ3v) is 6.40. The first-order chi connectivity index (χ1) is 12.3. The lowest BCUT2D eigenvalue weighted by Gasteiger charge is -2.15. The number of ether oxygens (including phenoxy) is 2. The van der Waals surface area contributed by atoms with Crippen molar-refractivity contribution in [2.45, 2.75) is 44.4 Å². The Morgan fingerprint density at radius 1 is 1.04 bits per heavy atom. The summed E-state index contributed by atoms with van der Waals surface area (Å²) in [6, 6.07) is 13.2. The molecule has 0 spiro atoms. The predicted octanol–water partition coefficient (Wildman–Crippen LogP) is 5.24. The molecule has 1 heterocycles. The normalized spacial score (nSPS) is 11.8. The van der Waals surface area contributed by atoms with Crippen LogP contribution in [0.1, 0.15) is 27.2 Å². The number of hydrogen-bond donors (Lipinski definition) is 0. The number of nitrogens with zero attached hydrogens (tertiary/aromatic N) is 1. The van der Waals surface area contributed by atoms with E-state index in [9.17, 15) is 0 Å². The maximum Gasteiger partial charge on any atom is 0.298 e. The third-order valence-electron chi connectivity index (χ3n) is 4.10. The van der Waals surface area contributed by atoms with Gasteiger partial charge in [0.25, 0.3) is 4.34 Å². The van der Waals surface area contributed by atoms with Gasteiger partial charge in [0.05, 0.1) is 6.42 Å². The maximum absolute atomic E-state index is 5.72. The van der Waals surface area contributed by atoms with Crippen LogP contribution in [-0.2, 0) is 16.0 Å². The van der Waals surface area contributed by atoms with Crippen molar-refractivity contribution in [3.63, 3.8) is 0 Å². The molecule has 0 bridgehead atoms. The van der Waals surface area contributed by atoms with Crippen molar-refractivity contribution in [2.24, 2.45) is 0 Å². The van der Waals surface area contributed by atoms with E-state index in [0.29, 0.717) is 13.2 Å². The molecule has 0 atom stereocenters. The van der Waals surface area contributed by atoms with Crippen molar-refractivity contribution in [1.29, 1.82) is 0 Å². The van der Waals surface area contributed by atoms with E-state index in [1.807, 2.05) is 36.9 Å². The smallest absolute Gasteiger partial charge is 0.298 e. The van der Waals surface area contributed by atoms with Crippen molar-refractivity contribution in [2.75, 3.05) is 19.0 Å². The van der Waals surface area contributed by atoms with E-state index in [2.05, 4.69) is 47.9 Å². The van der Waals surface area contributed by atoms with E-state index < -0.39 is 0 Å². The zero-order valence-corrected chi connectivity index (χ0v) is 16.8. The minimum atomic E-state index is -0.127. The summed E-state index contributed by atoms with van der Waals surface area (Å²) in [6.45, 7) is 8.51. The van der Waals surface area contributed by atoms with E-state index >= 15 is 0 Å². The zero-order chi connectivity index (χ0) is 17.6. The highest BCUT2D eigenvalue weighted by molar-refractivity contribution is 8.00. The summed E-state index contributed by atoms with van der Waals surface area (Å²) in [5.74, 6) is 1.08. The monoisotopic (exact) mass is 376 g/mol. The van der Waals surface area contributed by atoms with Crippen LogP contribution in [0.5, 0.6) is 0 Å². The van der Waals surface area contributed by atoms with E-state index in [0.717, 1.165) is 18.7 Å². The Balaban J connectivity index is 1.95. The van der Waals surface area contributed by atoms with Crippen LogP contribution in [0.15, 0.2) is 40.7 Å². The molecule has 0 aliphatic heterocycles. The van der Waals surface area contributed by atoms with E-state index in [4.69, 9.17) is 9.47 Å². The van der Waals surface area contributed by atoms with Crippen molar-refractivity contribution >= 4 is 44.1 Å². The molecule has 25 heavy (non-hydrogen) atoms. The van der Waals surface area contributed by atoms with Crippen LogP contribution >= 0.6 is 23.1 Å². The number of fused-ring (bicyclic) bond motifs is 2. The fourth-order valence-electron chi connectivity index (χ4n) is 3.01. The summed E-state index contributed by atoms with van der Waals surface area (Å²) < 4.78 is 16.6. The highest BCUT2D eigenvalue weighted by Gasteiger charge is 2.23. The van der Waals surface area contributed by atoms with Gasteiger partial charge >= 0.3 is 0 Å². The molecule has 1 aromatic heterocycles. The largest absolute Gasteiger partial charge is 0.353 e. The molecule has 3 rings (SSSR count). The molecule has 0 unspecified atom stereocenters. The van der Waals surface area contributed by atoms with Crippen LogP contribution in [0.2, 0.25) is 0 Å². The lowest BCUT2D eigenvalue weighted by atomic mass is 10.1. The van der Waals surface area contributed by atoms with E-state index in [1.165, 1.54) is 25.3 Å². The molecule has 3 nitrogen and oxygen atoms in total. The molecular weight excluding hydrogens is 350 g/mol. The molecule has 134 valence electrons. The van der Waals surface area contributed by atoms with Crippen LogP contribution in [0.4, 0.5) is 0 Å². The van der Waals surface area contributed by atoms with Crippen LogP contribution in [-0.4, -0.2) is 25.3 Å². The Kier molecular flexibility index (Phi) is 6.70. The fourth-order valence-corrected chi connectivity index (χ4v) is 5.41. The number of aromatic nitrogens is 1. The van der Waals surface area contributed by atoms with Gasteiger partial charge in [0.1, 0.15) is 4.70 Å². The van der Waals surface area contributed by atoms with Gasteiger partial charge in [0.2, 0.25) is 5.52 Å². The molecule has 0 fully saturated rings. The molecule has 0 saturated carbocycles. The Labute approximate surface area is 157 Å². The maximum atomic E-state index is 5.72. The van der Waals surface area contributed by atoms with Gasteiger partial charge in [-0.3, -0.25) is 0 Å². The van der Waals surface area contributed by atoms with Gasteiger partial charge in [-0.05, 0) is 42.4 Å². The number of thiazole rings is 1. The average molecular weight is 377 g/mol. The van der Waals surface area contributed by atoms with Crippen molar-refractivity contribution in [3.8, 4) is 0 Å². The highest BCUT2D eigenvalue weighted by Crippen LogP contribution is 2.31. The number of benzene rings is 2. The molecule has 0 N–H and O–H groups in total.